The molecule has 0 aromatic heterocycles. The first kappa shape index (κ1) is 32.7. The molecule has 8 nitrogen and oxygen atoms in total. The predicted molar refractivity (Wildman–Crippen MR) is 158 cm³/mol. The molecule has 0 radical (unpaired) electrons. The second-order valence-electron chi connectivity index (χ2n) is 9.35. The van der Waals surface area contributed by atoms with Gasteiger partial charge in [-0.1, -0.05) is 55.2 Å². The second-order valence-corrected chi connectivity index (χ2v) is 12.1. The van der Waals surface area contributed by atoms with E-state index in [9.17, 15) is 18.0 Å². The summed E-state index contributed by atoms with van der Waals surface area (Å²) in [6, 6.07) is 11.3. The van der Waals surface area contributed by atoms with Crippen molar-refractivity contribution >= 4 is 50.7 Å². The number of carbonyl (C=O) groups is 2. The van der Waals surface area contributed by atoms with Crippen molar-refractivity contribution in [2.24, 2.45) is 0 Å². The van der Waals surface area contributed by atoms with Crippen LogP contribution in [0, 0.1) is 0 Å². The largest absolute Gasteiger partial charge is 0.492 e. The molecule has 1 N–H and O–H groups in total. The number of rotatable bonds is 15. The van der Waals surface area contributed by atoms with Crippen LogP contribution in [0.15, 0.2) is 42.5 Å². The summed E-state index contributed by atoms with van der Waals surface area (Å²) in [6.07, 6.45) is 2.57. The maximum Gasteiger partial charge on any atom is 0.243 e. The van der Waals surface area contributed by atoms with Gasteiger partial charge in [0.1, 0.15) is 11.8 Å². The summed E-state index contributed by atoms with van der Waals surface area (Å²) in [5.74, 6) is -0.0480. The molecule has 0 bridgehead atoms. The number of benzene rings is 2. The highest BCUT2D eigenvalue weighted by molar-refractivity contribution is 7.92. The quantitative estimate of drug-likeness (QED) is 0.285. The molecule has 0 aliphatic rings. The van der Waals surface area contributed by atoms with Crippen LogP contribution in [-0.2, 0) is 26.2 Å². The highest BCUT2D eigenvalue weighted by Gasteiger charge is 2.30. The third kappa shape index (κ3) is 9.58. The topological polar surface area (TPSA) is 96.0 Å². The van der Waals surface area contributed by atoms with E-state index in [-0.39, 0.29) is 43.8 Å². The first-order valence-corrected chi connectivity index (χ1v) is 15.8. The fraction of sp³-hybridized carbons (Fsp3) is 0.500. The van der Waals surface area contributed by atoms with Crippen LogP contribution in [-0.4, -0.2) is 56.6 Å². The highest BCUT2D eigenvalue weighted by Crippen LogP contribution is 2.30. The molecule has 0 heterocycles. The maximum absolute atomic E-state index is 13.6. The number of hydrogen-bond acceptors (Lipinski definition) is 5. The lowest BCUT2D eigenvalue weighted by molar-refractivity contribution is -0.141. The van der Waals surface area contributed by atoms with Gasteiger partial charge in [0.25, 0.3) is 0 Å². The molecule has 0 fully saturated rings. The van der Waals surface area contributed by atoms with Crippen molar-refractivity contribution in [1.82, 2.24) is 10.2 Å². The molecule has 11 heteroatoms. The van der Waals surface area contributed by atoms with Gasteiger partial charge in [0.2, 0.25) is 21.8 Å². The van der Waals surface area contributed by atoms with Gasteiger partial charge < -0.3 is 15.0 Å². The van der Waals surface area contributed by atoms with Crippen LogP contribution in [0.4, 0.5) is 5.69 Å². The Hall–Kier alpha value is -2.49. The molecule has 2 aromatic rings. The molecule has 0 aliphatic heterocycles. The lowest BCUT2D eigenvalue weighted by atomic mass is 10.1. The number of hydrogen-bond donors (Lipinski definition) is 1. The van der Waals surface area contributed by atoms with Gasteiger partial charge in [0, 0.05) is 25.6 Å². The van der Waals surface area contributed by atoms with Gasteiger partial charge in [-0.3, -0.25) is 13.9 Å². The zero-order valence-corrected chi connectivity index (χ0v) is 25.6. The van der Waals surface area contributed by atoms with E-state index in [2.05, 4.69) is 5.32 Å². The zero-order valence-electron chi connectivity index (χ0n) is 23.2. The van der Waals surface area contributed by atoms with E-state index in [0.717, 1.165) is 18.2 Å². The van der Waals surface area contributed by atoms with E-state index < -0.39 is 16.1 Å². The average molecular weight is 601 g/mol. The number of para-hydroxylation sites is 2. The number of carbonyl (C=O) groups excluding carboxylic acids is 2. The second kappa shape index (κ2) is 15.3. The smallest absolute Gasteiger partial charge is 0.243 e. The van der Waals surface area contributed by atoms with Gasteiger partial charge in [0.15, 0.2) is 0 Å². The number of ether oxygens (including phenoxy) is 1. The van der Waals surface area contributed by atoms with Gasteiger partial charge in [-0.15, -0.1) is 0 Å². The van der Waals surface area contributed by atoms with Crippen molar-refractivity contribution in [3.05, 3.63) is 58.1 Å². The Labute approximate surface area is 242 Å². The van der Waals surface area contributed by atoms with E-state index in [1.165, 1.54) is 9.21 Å². The van der Waals surface area contributed by atoms with Crippen LogP contribution in [0.1, 0.15) is 58.9 Å². The third-order valence-corrected chi connectivity index (χ3v) is 8.23. The van der Waals surface area contributed by atoms with Gasteiger partial charge in [-0.25, -0.2) is 8.42 Å². The summed E-state index contributed by atoms with van der Waals surface area (Å²) < 4.78 is 32.2. The molecule has 2 unspecified atom stereocenters. The molecule has 0 spiro atoms. The number of nitrogens with zero attached hydrogens (tertiary/aromatic N) is 2. The van der Waals surface area contributed by atoms with E-state index in [4.69, 9.17) is 27.9 Å². The number of sulfonamides is 1. The predicted octanol–water partition coefficient (Wildman–Crippen LogP) is 5.66. The van der Waals surface area contributed by atoms with E-state index in [0.29, 0.717) is 34.5 Å². The van der Waals surface area contributed by atoms with E-state index in [1.54, 1.807) is 42.5 Å². The summed E-state index contributed by atoms with van der Waals surface area (Å²) in [5.41, 5.74) is 1.15. The van der Waals surface area contributed by atoms with Crippen molar-refractivity contribution in [3.63, 3.8) is 0 Å². The van der Waals surface area contributed by atoms with Gasteiger partial charge in [0.05, 0.1) is 28.6 Å². The molecule has 2 aromatic carbocycles. The Balaban J connectivity index is 2.29. The Bertz CT molecular complexity index is 1230. The summed E-state index contributed by atoms with van der Waals surface area (Å²) in [6.45, 7) is 8.18. The third-order valence-electron chi connectivity index (χ3n) is 6.31. The van der Waals surface area contributed by atoms with Crippen molar-refractivity contribution in [3.8, 4) is 5.75 Å². The maximum atomic E-state index is 13.6. The van der Waals surface area contributed by atoms with E-state index in [1.807, 2.05) is 27.7 Å². The van der Waals surface area contributed by atoms with Crippen LogP contribution in [0.2, 0.25) is 10.0 Å². The monoisotopic (exact) mass is 599 g/mol. The Morgan fingerprint density at radius 2 is 1.72 bits per heavy atom. The van der Waals surface area contributed by atoms with Crippen LogP contribution in [0.25, 0.3) is 0 Å². The van der Waals surface area contributed by atoms with Gasteiger partial charge in [-0.05, 0) is 62.9 Å². The minimum Gasteiger partial charge on any atom is -0.492 e. The molecule has 0 saturated carbocycles. The fourth-order valence-corrected chi connectivity index (χ4v) is 5.41. The molecule has 0 aliphatic carbocycles. The van der Waals surface area contributed by atoms with Gasteiger partial charge in [-0.2, -0.15) is 0 Å². The molecule has 39 heavy (non-hydrogen) atoms. The molecule has 0 saturated heterocycles. The Morgan fingerprint density at radius 1 is 1.03 bits per heavy atom. The molecule has 2 amide bonds. The van der Waals surface area contributed by atoms with Crippen LogP contribution in [0.3, 0.4) is 0 Å². The number of anilines is 1. The molecule has 2 rings (SSSR count). The molecular formula is C28H39Cl2N3O5S. The SMILES string of the molecule is CCOc1ccccc1N(CCCC(=O)N(Cc1ccc(Cl)c(Cl)c1)C(CC)C(=O)NC(C)CC)S(C)(=O)=O. The minimum atomic E-state index is -3.65. The van der Waals surface area contributed by atoms with Crippen LogP contribution in [0.5, 0.6) is 5.75 Å². The van der Waals surface area contributed by atoms with Crippen molar-refractivity contribution < 1.29 is 22.7 Å². The Morgan fingerprint density at radius 3 is 2.31 bits per heavy atom. The standard InChI is InChI=1S/C28H39Cl2N3O5S/c1-6-20(4)31-28(35)24(7-2)32(19-21-15-16-22(29)23(30)18-21)27(34)14-11-17-33(39(5,36)37)25-12-9-10-13-26(25)38-8-3/h9-10,12-13,15-16,18,20,24H,6-8,11,14,17,19H2,1-5H3,(H,31,35). The van der Waals surface area contributed by atoms with Crippen molar-refractivity contribution in [2.45, 2.75) is 72.0 Å². The summed E-state index contributed by atoms with van der Waals surface area (Å²) in [4.78, 5) is 28.3. The van der Waals surface area contributed by atoms with Gasteiger partial charge >= 0.3 is 0 Å². The minimum absolute atomic E-state index is 0.0389. The normalized spacial score (nSPS) is 12.9. The highest BCUT2D eigenvalue weighted by atomic mass is 35.5. The van der Waals surface area contributed by atoms with E-state index >= 15 is 0 Å². The molecule has 216 valence electrons. The molecular weight excluding hydrogens is 561 g/mol. The Kier molecular flexibility index (Phi) is 12.9. The van der Waals surface area contributed by atoms with Crippen molar-refractivity contribution in [2.75, 3.05) is 23.7 Å². The first-order chi connectivity index (χ1) is 18.4. The summed E-state index contributed by atoms with van der Waals surface area (Å²) >= 11 is 12.3. The summed E-state index contributed by atoms with van der Waals surface area (Å²) in [7, 11) is -3.65. The number of amides is 2. The van der Waals surface area contributed by atoms with Crippen LogP contribution >= 0.6 is 23.2 Å². The lowest BCUT2D eigenvalue weighted by Crippen LogP contribution is -2.50. The first-order valence-electron chi connectivity index (χ1n) is 13.2. The van der Waals surface area contributed by atoms with Crippen molar-refractivity contribution in [1.29, 1.82) is 0 Å². The fourth-order valence-electron chi connectivity index (χ4n) is 4.12. The average Bonchev–Trinajstić information content (AvgIpc) is 2.88. The number of halogens is 2. The lowest BCUT2D eigenvalue weighted by Gasteiger charge is -2.32. The zero-order chi connectivity index (χ0) is 29.2. The molecule has 2 atom stereocenters. The van der Waals surface area contributed by atoms with Crippen LogP contribution < -0.4 is 14.4 Å². The number of nitrogens with one attached hydrogen (secondary N) is 1. The summed E-state index contributed by atoms with van der Waals surface area (Å²) in [5, 5.41) is 3.73.